The number of thiazole rings is 1. The van der Waals surface area contributed by atoms with E-state index >= 15 is 0 Å². The van der Waals surface area contributed by atoms with Crippen LogP contribution in [0.3, 0.4) is 0 Å². The summed E-state index contributed by atoms with van der Waals surface area (Å²) in [5.74, 6) is 1.61. The predicted molar refractivity (Wildman–Crippen MR) is 60.2 cm³/mol. The lowest BCUT2D eigenvalue weighted by Gasteiger charge is -2.04. The Morgan fingerprint density at radius 2 is 2.50 bits per heavy atom. The molecule has 0 radical (unpaired) electrons. The van der Waals surface area contributed by atoms with Crippen LogP contribution in [0, 0.1) is 11.8 Å². The van der Waals surface area contributed by atoms with Gasteiger partial charge in [-0.3, -0.25) is 0 Å². The first-order valence-electron chi connectivity index (χ1n) is 5.21. The van der Waals surface area contributed by atoms with Crippen LogP contribution in [0.15, 0.2) is 23.6 Å². The van der Waals surface area contributed by atoms with Gasteiger partial charge in [0, 0.05) is 5.38 Å². The second kappa shape index (κ2) is 3.06. The van der Waals surface area contributed by atoms with E-state index in [-0.39, 0.29) is 0 Å². The molecule has 3 rings (SSSR count). The van der Waals surface area contributed by atoms with E-state index < -0.39 is 0 Å². The van der Waals surface area contributed by atoms with Crippen molar-refractivity contribution in [2.24, 2.45) is 11.8 Å². The van der Waals surface area contributed by atoms with Gasteiger partial charge < -0.3 is 0 Å². The molecule has 1 saturated carbocycles. The maximum atomic E-state index is 4.65. The normalized spacial score (nSPS) is 28.5. The van der Waals surface area contributed by atoms with E-state index in [1.54, 1.807) is 11.3 Å². The topological polar surface area (TPSA) is 12.9 Å². The standard InChI is InChI=1S/C12H13NS/c1-2-9-7-14-12(13-9)10-5-3-4-8-6-11(8)10/h3-5,7-8,11H,2,6H2,1H3. The van der Waals surface area contributed by atoms with E-state index in [1.807, 2.05) is 0 Å². The lowest BCUT2D eigenvalue weighted by molar-refractivity contribution is 0.985. The van der Waals surface area contributed by atoms with E-state index in [0.717, 1.165) is 18.3 Å². The molecular weight excluding hydrogens is 190 g/mol. The van der Waals surface area contributed by atoms with Gasteiger partial charge >= 0.3 is 0 Å². The number of hydrogen-bond donors (Lipinski definition) is 0. The molecule has 2 heteroatoms. The molecule has 0 aliphatic heterocycles. The fraction of sp³-hybridized carbons (Fsp3) is 0.417. The molecule has 1 heterocycles. The van der Waals surface area contributed by atoms with Gasteiger partial charge in [0.1, 0.15) is 5.01 Å². The van der Waals surface area contributed by atoms with Crippen molar-refractivity contribution < 1.29 is 0 Å². The van der Waals surface area contributed by atoms with Crippen LogP contribution in [0.1, 0.15) is 24.0 Å². The number of allylic oxidation sites excluding steroid dienone is 4. The maximum Gasteiger partial charge on any atom is 0.119 e. The van der Waals surface area contributed by atoms with Crippen LogP contribution in [-0.4, -0.2) is 4.98 Å². The van der Waals surface area contributed by atoms with Gasteiger partial charge in [-0.1, -0.05) is 25.2 Å². The SMILES string of the molecule is CCc1csc(C2=CC=CC3CC23)n1. The molecule has 1 aromatic rings. The average Bonchev–Trinajstić information content (AvgIpc) is 2.86. The number of nitrogens with zero attached hydrogens (tertiary/aromatic N) is 1. The molecule has 1 fully saturated rings. The highest BCUT2D eigenvalue weighted by molar-refractivity contribution is 7.10. The van der Waals surface area contributed by atoms with Gasteiger partial charge in [0.05, 0.1) is 5.69 Å². The largest absolute Gasteiger partial charge is 0.241 e. The lowest BCUT2D eigenvalue weighted by atomic mass is 10.1. The minimum Gasteiger partial charge on any atom is -0.241 e. The molecule has 2 unspecified atom stereocenters. The van der Waals surface area contributed by atoms with Crippen molar-refractivity contribution in [3.8, 4) is 0 Å². The third-order valence-corrected chi connectivity index (χ3v) is 3.97. The quantitative estimate of drug-likeness (QED) is 0.718. The molecule has 72 valence electrons. The summed E-state index contributed by atoms with van der Waals surface area (Å²) in [4.78, 5) is 4.65. The fourth-order valence-corrected chi connectivity index (χ4v) is 3.03. The summed E-state index contributed by atoms with van der Waals surface area (Å²) < 4.78 is 0. The molecule has 0 N–H and O–H groups in total. The van der Waals surface area contributed by atoms with Gasteiger partial charge in [-0.05, 0) is 30.3 Å². The Balaban J connectivity index is 1.94. The molecule has 14 heavy (non-hydrogen) atoms. The first kappa shape index (κ1) is 8.42. The third kappa shape index (κ3) is 1.25. The Kier molecular flexibility index (Phi) is 1.84. The minimum absolute atomic E-state index is 0.788. The zero-order valence-electron chi connectivity index (χ0n) is 8.23. The number of rotatable bonds is 2. The molecule has 0 amide bonds. The molecule has 0 saturated heterocycles. The van der Waals surface area contributed by atoms with E-state index in [1.165, 1.54) is 22.7 Å². The number of hydrogen-bond acceptors (Lipinski definition) is 2. The summed E-state index contributed by atoms with van der Waals surface area (Å²) >= 11 is 1.80. The second-order valence-corrected chi connectivity index (χ2v) is 4.87. The van der Waals surface area contributed by atoms with Gasteiger partial charge in [0.15, 0.2) is 0 Å². The second-order valence-electron chi connectivity index (χ2n) is 4.01. The highest BCUT2D eigenvalue weighted by Crippen LogP contribution is 2.51. The van der Waals surface area contributed by atoms with E-state index in [4.69, 9.17) is 0 Å². The van der Waals surface area contributed by atoms with Gasteiger partial charge in [-0.2, -0.15) is 0 Å². The highest BCUT2D eigenvalue weighted by atomic mass is 32.1. The van der Waals surface area contributed by atoms with Crippen molar-refractivity contribution >= 4 is 16.9 Å². The monoisotopic (exact) mass is 203 g/mol. The summed E-state index contributed by atoms with van der Waals surface area (Å²) in [6.45, 7) is 2.16. The first-order valence-corrected chi connectivity index (χ1v) is 6.09. The predicted octanol–water partition coefficient (Wildman–Crippen LogP) is 3.29. The van der Waals surface area contributed by atoms with E-state index in [9.17, 15) is 0 Å². The highest BCUT2D eigenvalue weighted by Gasteiger charge is 2.40. The molecule has 1 nitrogen and oxygen atoms in total. The molecule has 0 aromatic carbocycles. The van der Waals surface area contributed by atoms with E-state index in [2.05, 4.69) is 35.5 Å². The van der Waals surface area contributed by atoms with Gasteiger partial charge in [0.25, 0.3) is 0 Å². The zero-order chi connectivity index (χ0) is 9.54. The van der Waals surface area contributed by atoms with Crippen molar-refractivity contribution in [2.45, 2.75) is 19.8 Å². The number of aromatic nitrogens is 1. The summed E-state index contributed by atoms with van der Waals surface area (Å²) in [6.07, 6.45) is 9.14. The minimum atomic E-state index is 0.788. The molecule has 0 spiro atoms. The summed E-state index contributed by atoms with van der Waals surface area (Å²) in [5, 5.41) is 3.44. The van der Waals surface area contributed by atoms with Crippen LogP contribution in [0.2, 0.25) is 0 Å². The van der Waals surface area contributed by atoms with E-state index in [0.29, 0.717) is 0 Å². The fourth-order valence-electron chi connectivity index (χ4n) is 2.04. The third-order valence-electron chi connectivity index (χ3n) is 3.03. The van der Waals surface area contributed by atoms with Crippen LogP contribution < -0.4 is 0 Å². The average molecular weight is 203 g/mol. The number of aryl methyl sites for hydroxylation is 1. The summed E-state index contributed by atoms with van der Waals surface area (Å²) in [5.41, 5.74) is 2.71. The van der Waals surface area contributed by atoms with Gasteiger partial charge in [0.2, 0.25) is 0 Å². The summed E-state index contributed by atoms with van der Waals surface area (Å²) in [6, 6.07) is 0. The van der Waals surface area contributed by atoms with Crippen molar-refractivity contribution in [3.05, 3.63) is 34.3 Å². The van der Waals surface area contributed by atoms with Crippen LogP contribution in [0.4, 0.5) is 0 Å². The molecule has 2 atom stereocenters. The van der Waals surface area contributed by atoms with Crippen LogP contribution >= 0.6 is 11.3 Å². The van der Waals surface area contributed by atoms with Crippen molar-refractivity contribution in [1.29, 1.82) is 0 Å². The van der Waals surface area contributed by atoms with Gasteiger partial charge in [-0.25, -0.2) is 4.98 Å². The Morgan fingerprint density at radius 3 is 3.29 bits per heavy atom. The first-order chi connectivity index (χ1) is 6.88. The zero-order valence-corrected chi connectivity index (χ0v) is 9.05. The Bertz CT molecular complexity index is 414. The van der Waals surface area contributed by atoms with Crippen molar-refractivity contribution in [1.82, 2.24) is 4.98 Å². The van der Waals surface area contributed by atoms with Crippen molar-refractivity contribution in [2.75, 3.05) is 0 Å². The Labute approximate surface area is 88.2 Å². The summed E-state index contributed by atoms with van der Waals surface area (Å²) in [7, 11) is 0. The maximum absolute atomic E-state index is 4.65. The van der Waals surface area contributed by atoms with Crippen molar-refractivity contribution in [3.63, 3.8) is 0 Å². The molecule has 2 aliphatic carbocycles. The Morgan fingerprint density at radius 1 is 1.57 bits per heavy atom. The Hall–Kier alpha value is -0.890. The number of fused-ring (bicyclic) bond motifs is 1. The lowest BCUT2D eigenvalue weighted by Crippen LogP contribution is -1.91. The smallest absolute Gasteiger partial charge is 0.119 e. The van der Waals surface area contributed by atoms with Crippen LogP contribution in [-0.2, 0) is 6.42 Å². The molecule has 2 aliphatic rings. The van der Waals surface area contributed by atoms with Crippen LogP contribution in [0.5, 0.6) is 0 Å². The van der Waals surface area contributed by atoms with Crippen LogP contribution in [0.25, 0.3) is 5.57 Å². The molecule has 1 aromatic heterocycles. The molecule has 0 bridgehead atoms. The molecular formula is C12H13NS. The van der Waals surface area contributed by atoms with Gasteiger partial charge in [-0.15, -0.1) is 11.3 Å².